The van der Waals surface area contributed by atoms with Gasteiger partial charge in [0.05, 0.1) is 11.9 Å². The molecule has 1 aromatic heterocycles. The first-order valence-electron chi connectivity index (χ1n) is 6.70. The molecule has 21 heavy (non-hydrogen) atoms. The maximum absolute atomic E-state index is 11.4. The molecule has 0 atom stereocenters. The number of nitrogens with one attached hydrogen (secondary N) is 1. The van der Waals surface area contributed by atoms with Crippen molar-refractivity contribution in [3.63, 3.8) is 0 Å². The summed E-state index contributed by atoms with van der Waals surface area (Å²) in [5, 5.41) is 17.5. The average Bonchev–Trinajstić information content (AvgIpc) is 2.94. The van der Waals surface area contributed by atoms with Crippen molar-refractivity contribution in [3.05, 3.63) is 41.0 Å². The molecule has 1 fully saturated rings. The molecule has 0 saturated carbocycles. The van der Waals surface area contributed by atoms with Gasteiger partial charge >= 0.3 is 5.97 Å². The molecule has 3 rings (SSSR count). The Kier molecular flexibility index (Phi) is 3.81. The number of carboxylic acid groups (broad SMARTS) is 1. The molecule has 0 unspecified atom stereocenters. The molecule has 110 valence electrons. The van der Waals surface area contributed by atoms with Gasteiger partial charge in [0.1, 0.15) is 11.4 Å². The van der Waals surface area contributed by atoms with E-state index in [4.69, 9.17) is 11.6 Å². The van der Waals surface area contributed by atoms with Crippen molar-refractivity contribution >= 4 is 23.4 Å². The first-order chi connectivity index (χ1) is 10.2. The van der Waals surface area contributed by atoms with Gasteiger partial charge in [-0.1, -0.05) is 11.6 Å². The molecule has 0 bridgehead atoms. The fraction of sp³-hybridized carbons (Fsp3) is 0.286. The van der Waals surface area contributed by atoms with Crippen LogP contribution in [0.15, 0.2) is 30.5 Å². The number of hydrogen-bond acceptors (Lipinski definition) is 4. The van der Waals surface area contributed by atoms with Crippen molar-refractivity contribution in [1.29, 1.82) is 0 Å². The fourth-order valence-electron chi connectivity index (χ4n) is 2.45. The minimum Gasteiger partial charge on any atom is -0.477 e. The molecule has 1 aromatic carbocycles. The van der Waals surface area contributed by atoms with E-state index >= 15 is 0 Å². The van der Waals surface area contributed by atoms with Crippen molar-refractivity contribution < 1.29 is 9.90 Å². The van der Waals surface area contributed by atoms with E-state index < -0.39 is 5.97 Å². The standard InChI is InChI=1S/C14H15ClN4O2/c15-10-1-3-11(4-2-10)19-13(12(9-17-19)14(20)21)18-7-5-16-6-8-18/h1-4,9,16H,5-8H2,(H,20,21). The van der Waals surface area contributed by atoms with Crippen molar-refractivity contribution in [2.45, 2.75) is 0 Å². The number of nitrogens with zero attached hydrogens (tertiary/aromatic N) is 3. The number of hydrogen-bond donors (Lipinski definition) is 2. The lowest BCUT2D eigenvalue weighted by atomic mass is 10.2. The third kappa shape index (κ3) is 2.72. The van der Waals surface area contributed by atoms with Gasteiger partial charge in [0.2, 0.25) is 0 Å². The molecule has 6 nitrogen and oxygen atoms in total. The second kappa shape index (κ2) is 5.75. The van der Waals surface area contributed by atoms with Gasteiger partial charge < -0.3 is 15.3 Å². The van der Waals surface area contributed by atoms with E-state index in [0.717, 1.165) is 31.9 Å². The number of aromatic nitrogens is 2. The Labute approximate surface area is 126 Å². The minimum absolute atomic E-state index is 0.215. The predicted molar refractivity (Wildman–Crippen MR) is 80.6 cm³/mol. The van der Waals surface area contributed by atoms with Crippen LogP contribution in [0.5, 0.6) is 0 Å². The summed E-state index contributed by atoms with van der Waals surface area (Å²) in [6.07, 6.45) is 1.40. The molecule has 2 heterocycles. The molecule has 0 spiro atoms. The Morgan fingerprint density at radius 3 is 2.52 bits per heavy atom. The summed E-state index contributed by atoms with van der Waals surface area (Å²) in [6.45, 7) is 3.15. The molecule has 0 radical (unpaired) electrons. The van der Waals surface area contributed by atoms with Crippen LogP contribution in [0.4, 0.5) is 5.82 Å². The van der Waals surface area contributed by atoms with Crippen molar-refractivity contribution in [2.24, 2.45) is 0 Å². The van der Waals surface area contributed by atoms with E-state index in [-0.39, 0.29) is 5.56 Å². The Morgan fingerprint density at radius 2 is 1.90 bits per heavy atom. The van der Waals surface area contributed by atoms with E-state index in [1.165, 1.54) is 6.20 Å². The largest absolute Gasteiger partial charge is 0.477 e. The number of aromatic carboxylic acids is 1. The number of rotatable bonds is 3. The van der Waals surface area contributed by atoms with E-state index in [9.17, 15) is 9.90 Å². The number of halogens is 1. The van der Waals surface area contributed by atoms with Crippen molar-refractivity contribution in [3.8, 4) is 5.69 Å². The van der Waals surface area contributed by atoms with Gasteiger partial charge in [-0.2, -0.15) is 5.10 Å². The first-order valence-corrected chi connectivity index (χ1v) is 7.07. The normalized spacial score (nSPS) is 15.2. The summed E-state index contributed by atoms with van der Waals surface area (Å²) in [7, 11) is 0. The average molecular weight is 307 g/mol. The molecular formula is C14H15ClN4O2. The monoisotopic (exact) mass is 306 g/mol. The molecule has 2 N–H and O–H groups in total. The highest BCUT2D eigenvalue weighted by Crippen LogP contribution is 2.25. The summed E-state index contributed by atoms with van der Waals surface area (Å²) in [6, 6.07) is 7.18. The molecule has 0 aliphatic carbocycles. The van der Waals surface area contributed by atoms with Crippen LogP contribution >= 0.6 is 11.6 Å². The molecule has 7 heteroatoms. The summed E-state index contributed by atoms with van der Waals surface area (Å²) in [4.78, 5) is 13.5. The lowest BCUT2D eigenvalue weighted by Crippen LogP contribution is -2.44. The summed E-state index contributed by atoms with van der Waals surface area (Å²) in [5.74, 6) is -0.352. The van der Waals surface area contributed by atoms with E-state index in [1.54, 1.807) is 16.8 Å². The van der Waals surface area contributed by atoms with Crippen LogP contribution in [-0.2, 0) is 0 Å². The topological polar surface area (TPSA) is 70.4 Å². The molecule has 1 saturated heterocycles. The van der Waals surface area contributed by atoms with Crippen molar-refractivity contribution in [1.82, 2.24) is 15.1 Å². The van der Waals surface area contributed by atoms with Crippen LogP contribution in [0.3, 0.4) is 0 Å². The van der Waals surface area contributed by atoms with Crippen LogP contribution in [0.1, 0.15) is 10.4 Å². The summed E-state index contributed by atoms with van der Waals surface area (Å²) < 4.78 is 1.66. The van der Waals surface area contributed by atoms with Crippen LogP contribution in [0.2, 0.25) is 5.02 Å². The maximum Gasteiger partial charge on any atom is 0.341 e. The predicted octanol–water partition coefficient (Wildman–Crippen LogP) is 1.63. The van der Waals surface area contributed by atoms with Gasteiger partial charge in [0.15, 0.2) is 0 Å². The number of carbonyl (C=O) groups is 1. The highest BCUT2D eigenvalue weighted by atomic mass is 35.5. The quantitative estimate of drug-likeness (QED) is 0.902. The Hall–Kier alpha value is -2.05. The maximum atomic E-state index is 11.4. The van der Waals surface area contributed by atoms with Crippen LogP contribution in [0.25, 0.3) is 5.69 Å². The third-order valence-electron chi connectivity index (χ3n) is 3.46. The third-order valence-corrected chi connectivity index (χ3v) is 3.71. The first kappa shape index (κ1) is 13.9. The number of carboxylic acids is 1. The summed E-state index contributed by atoms with van der Waals surface area (Å²) in [5.41, 5.74) is 1.01. The fourth-order valence-corrected chi connectivity index (χ4v) is 2.57. The molecule has 1 aliphatic rings. The van der Waals surface area contributed by atoms with Gasteiger partial charge in [-0.25, -0.2) is 9.48 Å². The van der Waals surface area contributed by atoms with Crippen LogP contribution in [0, 0.1) is 0 Å². The lowest BCUT2D eigenvalue weighted by molar-refractivity contribution is 0.0697. The molecule has 2 aromatic rings. The zero-order chi connectivity index (χ0) is 14.8. The van der Waals surface area contributed by atoms with Crippen molar-refractivity contribution in [2.75, 3.05) is 31.1 Å². The van der Waals surface area contributed by atoms with E-state index in [1.807, 2.05) is 17.0 Å². The molecular weight excluding hydrogens is 292 g/mol. The van der Waals surface area contributed by atoms with Gasteiger partial charge in [-0.3, -0.25) is 0 Å². The second-order valence-electron chi connectivity index (χ2n) is 4.81. The zero-order valence-electron chi connectivity index (χ0n) is 11.3. The highest BCUT2D eigenvalue weighted by Gasteiger charge is 2.24. The lowest BCUT2D eigenvalue weighted by Gasteiger charge is -2.30. The molecule has 1 aliphatic heterocycles. The van der Waals surface area contributed by atoms with E-state index in [0.29, 0.717) is 10.8 Å². The van der Waals surface area contributed by atoms with Crippen LogP contribution < -0.4 is 10.2 Å². The SMILES string of the molecule is O=C(O)c1cnn(-c2ccc(Cl)cc2)c1N1CCNCC1. The van der Waals surface area contributed by atoms with Gasteiger partial charge in [0.25, 0.3) is 0 Å². The van der Waals surface area contributed by atoms with Crippen LogP contribution in [-0.4, -0.2) is 47.0 Å². The Balaban J connectivity index is 2.07. The smallest absolute Gasteiger partial charge is 0.341 e. The van der Waals surface area contributed by atoms with Gasteiger partial charge in [-0.15, -0.1) is 0 Å². The van der Waals surface area contributed by atoms with E-state index in [2.05, 4.69) is 10.4 Å². The number of benzene rings is 1. The highest BCUT2D eigenvalue weighted by molar-refractivity contribution is 6.30. The second-order valence-corrected chi connectivity index (χ2v) is 5.25. The number of anilines is 1. The van der Waals surface area contributed by atoms with Gasteiger partial charge in [-0.05, 0) is 24.3 Å². The Morgan fingerprint density at radius 1 is 1.24 bits per heavy atom. The Bertz CT molecular complexity index is 647. The number of piperazine rings is 1. The van der Waals surface area contributed by atoms with Gasteiger partial charge in [0, 0.05) is 31.2 Å². The zero-order valence-corrected chi connectivity index (χ0v) is 12.0. The minimum atomic E-state index is -0.969. The summed E-state index contributed by atoms with van der Waals surface area (Å²) >= 11 is 5.90. The molecule has 0 amide bonds.